The van der Waals surface area contributed by atoms with Crippen molar-refractivity contribution in [2.24, 2.45) is 0 Å². The molecule has 0 saturated heterocycles. The van der Waals surface area contributed by atoms with E-state index in [1.165, 1.54) is 11.6 Å². The van der Waals surface area contributed by atoms with Gasteiger partial charge in [0.25, 0.3) is 0 Å². The molecule has 0 aliphatic carbocycles. The van der Waals surface area contributed by atoms with Crippen LogP contribution in [0.25, 0.3) is 11.1 Å². The van der Waals surface area contributed by atoms with Gasteiger partial charge in [-0.25, -0.2) is 4.68 Å². The van der Waals surface area contributed by atoms with Gasteiger partial charge >= 0.3 is 0 Å². The highest BCUT2D eigenvalue weighted by Gasteiger charge is 2.33. The minimum Gasteiger partial charge on any atom is -0.496 e. The molecule has 1 unspecified atom stereocenters. The molecule has 2 heterocycles. The van der Waals surface area contributed by atoms with Crippen LogP contribution in [0.2, 0.25) is 0 Å². The number of Topliss-reactive ketones (excluding diaryl/α,β-unsaturated/α-hetero) is 1. The lowest BCUT2D eigenvalue weighted by Gasteiger charge is -2.24. The van der Waals surface area contributed by atoms with Crippen molar-refractivity contribution in [1.29, 1.82) is 0 Å². The van der Waals surface area contributed by atoms with Crippen LogP contribution in [0.3, 0.4) is 0 Å². The summed E-state index contributed by atoms with van der Waals surface area (Å²) in [6.07, 6.45) is 1.58. The average Bonchev–Trinajstić information content (AvgIpc) is 3.16. The van der Waals surface area contributed by atoms with Crippen molar-refractivity contribution in [2.45, 2.75) is 19.4 Å². The Balaban J connectivity index is 1.64. The maximum Gasteiger partial charge on any atom is 0.249 e. The molecule has 8 heteroatoms. The van der Waals surface area contributed by atoms with Gasteiger partial charge in [0.15, 0.2) is 5.78 Å². The molecule has 0 saturated carbocycles. The van der Waals surface area contributed by atoms with Crippen LogP contribution in [0.1, 0.15) is 29.7 Å². The summed E-state index contributed by atoms with van der Waals surface area (Å²) in [6, 6.07) is 13.2. The number of para-hydroxylation sites is 1. The quantitative estimate of drug-likeness (QED) is 0.636. The summed E-state index contributed by atoms with van der Waals surface area (Å²) >= 11 is 0. The lowest BCUT2D eigenvalue weighted by atomic mass is 10.1. The lowest BCUT2D eigenvalue weighted by Crippen LogP contribution is -2.35. The standard InChI is InChI=1S/C22H20N4O4/c1-13(27)14-7-9-15(10-8-14)24-22(29)18-11-20(28)25-21-17(12-23-26(18)21)16-5-3-4-6-19(16)30-2/h3-10,12,18H,11H2,1-2H3,(H,24,29)(H,25,28). The molecule has 0 bridgehead atoms. The fraction of sp³-hybridized carbons (Fsp3) is 0.182. The summed E-state index contributed by atoms with van der Waals surface area (Å²) in [5.74, 6) is 0.395. The van der Waals surface area contributed by atoms with E-state index in [0.717, 1.165) is 5.56 Å². The van der Waals surface area contributed by atoms with E-state index in [9.17, 15) is 14.4 Å². The number of nitrogens with one attached hydrogen (secondary N) is 2. The maximum absolute atomic E-state index is 12.9. The molecule has 4 rings (SSSR count). The van der Waals surface area contributed by atoms with Crippen LogP contribution in [0, 0.1) is 0 Å². The van der Waals surface area contributed by atoms with E-state index < -0.39 is 6.04 Å². The number of benzene rings is 2. The van der Waals surface area contributed by atoms with Gasteiger partial charge in [0, 0.05) is 22.4 Å². The maximum atomic E-state index is 12.9. The number of anilines is 2. The molecule has 0 spiro atoms. The van der Waals surface area contributed by atoms with Gasteiger partial charge in [-0.2, -0.15) is 5.10 Å². The molecule has 8 nitrogen and oxygen atoms in total. The number of rotatable bonds is 5. The monoisotopic (exact) mass is 404 g/mol. The highest BCUT2D eigenvalue weighted by atomic mass is 16.5. The first-order chi connectivity index (χ1) is 14.5. The summed E-state index contributed by atoms with van der Waals surface area (Å²) in [5, 5.41) is 9.98. The van der Waals surface area contributed by atoms with Gasteiger partial charge in [-0.15, -0.1) is 0 Å². The number of hydrogen-bond acceptors (Lipinski definition) is 5. The number of ether oxygens (including phenoxy) is 1. The largest absolute Gasteiger partial charge is 0.496 e. The van der Waals surface area contributed by atoms with Gasteiger partial charge < -0.3 is 15.4 Å². The van der Waals surface area contributed by atoms with Gasteiger partial charge in [0.05, 0.1) is 19.7 Å². The SMILES string of the molecule is COc1ccccc1-c1cnn2c1NC(=O)CC2C(=O)Nc1ccc(C(C)=O)cc1. The molecular weight excluding hydrogens is 384 g/mol. The first kappa shape index (κ1) is 19.4. The number of fused-ring (bicyclic) bond motifs is 1. The van der Waals surface area contributed by atoms with Crippen molar-refractivity contribution in [1.82, 2.24) is 9.78 Å². The highest BCUT2D eigenvalue weighted by molar-refractivity contribution is 6.03. The summed E-state index contributed by atoms with van der Waals surface area (Å²) < 4.78 is 6.93. The molecule has 152 valence electrons. The summed E-state index contributed by atoms with van der Waals surface area (Å²) in [4.78, 5) is 36.7. The smallest absolute Gasteiger partial charge is 0.249 e. The second-order valence-corrected chi connectivity index (χ2v) is 6.94. The van der Waals surface area contributed by atoms with Crippen molar-refractivity contribution in [3.05, 3.63) is 60.3 Å². The van der Waals surface area contributed by atoms with Crippen LogP contribution in [-0.2, 0) is 9.59 Å². The first-order valence-corrected chi connectivity index (χ1v) is 9.40. The molecule has 2 N–H and O–H groups in total. The Hall–Kier alpha value is -3.94. The van der Waals surface area contributed by atoms with Crippen LogP contribution in [0.15, 0.2) is 54.7 Å². The van der Waals surface area contributed by atoms with Crippen LogP contribution in [0.4, 0.5) is 11.5 Å². The zero-order valence-corrected chi connectivity index (χ0v) is 16.5. The molecule has 1 aromatic heterocycles. The third kappa shape index (κ3) is 3.55. The van der Waals surface area contributed by atoms with Crippen molar-refractivity contribution in [2.75, 3.05) is 17.7 Å². The Morgan fingerprint density at radius 2 is 1.87 bits per heavy atom. The lowest BCUT2D eigenvalue weighted by molar-refractivity contribution is -0.125. The number of nitrogens with zero attached hydrogens (tertiary/aromatic N) is 2. The molecule has 3 aromatic rings. The second kappa shape index (κ2) is 7.82. The fourth-order valence-corrected chi connectivity index (χ4v) is 3.45. The van der Waals surface area contributed by atoms with Crippen molar-refractivity contribution in [3.8, 4) is 16.9 Å². The Bertz CT molecular complexity index is 1130. The van der Waals surface area contributed by atoms with Gasteiger partial charge in [-0.05, 0) is 37.3 Å². The Labute approximate surface area is 172 Å². The summed E-state index contributed by atoms with van der Waals surface area (Å²) in [7, 11) is 1.57. The second-order valence-electron chi connectivity index (χ2n) is 6.94. The fourth-order valence-electron chi connectivity index (χ4n) is 3.45. The van der Waals surface area contributed by atoms with E-state index in [1.807, 2.05) is 24.3 Å². The molecular formula is C22H20N4O4. The number of methoxy groups -OCH3 is 1. The van der Waals surface area contributed by atoms with Crippen molar-refractivity contribution < 1.29 is 19.1 Å². The van der Waals surface area contributed by atoms with Gasteiger partial charge in [0.2, 0.25) is 11.8 Å². The number of carbonyl (C=O) groups is 3. The van der Waals surface area contributed by atoms with E-state index in [1.54, 1.807) is 37.6 Å². The third-order valence-electron chi connectivity index (χ3n) is 4.99. The normalized spacial score (nSPS) is 15.1. The Kier molecular flexibility index (Phi) is 5.05. The number of amides is 2. The Morgan fingerprint density at radius 1 is 1.13 bits per heavy atom. The Morgan fingerprint density at radius 3 is 2.57 bits per heavy atom. The summed E-state index contributed by atoms with van der Waals surface area (Å²) in [5.41, 5.74) is 2.53. The molecule has 2 amide bonds. The third-order valence-corrected chi connectivity index (χ3v) is 4.99. The van der Waals surface area contributed by atoms with E-state index in [-0.39, 0.29) is 24.0 Å². The zero-order chi connectivity index (χ0) is 21.3. The van der Waals surface area contributed by atoms with E-state index in [0.29, 0.717) is 28.4 Å². The van der Waals surface area contributed by atoms with Crippen LogP contribution < -0.4 is 15.4 Å². The van der Waals surface area contributed by atoms with Gasteiger partial charge in [-0.1, -0.05) is 18.2 Å². The molecule has 0 fully saturated rings. The zero-order valence-electron chi connectivity index (χ0n) is 16.5. The number of carbonyl (C=O) groups excluding carboxylic acids is 3. The van der Waals surface area contributed by atoms with Crippen LogP contribution in [0.5, 0.6) is 5.75 Å². The molecule has 30 heavy (non-hydrogen) atoms. The first-order valence-electron chi connectivity index (χ1n) is 9.40. The number of ketones is 1. The molecule has 1 aliphatic heterocycles. The molecule has 1 atom stereocenters. The average molecular weight is 404 g/mol. The van der Waals surface area contributed by atoms with E-state index in [2.05, 4.69) is 15.7 Å². The van der Waals surface area contributed by atoms with Crippen molar-refractivity contribution in [3.63, 3.8) is 0 Å². The summed E-state index contributed by atoms with van der Waals surface area (Å²) in [6.45, 7) is 1.48. The van der Waals surface area contributed by atoms with Gasteiger partial charge in [-0.3, -0.25) is 14.4 Å². The predicted octanol–water partition coefficient (Wildman–Crippen LogP) is 3.28. The molecule has 0 radical (unpaired) electrons. The van der Waals surface area contributed by atoms with Crippen molar-refractivity contribution >= 4 is 29.1 Å². The predicted molar refractivity (Wildman–Crippen MR) is 112 cm³/mol. The topological polar surface area (TPSA) is 102 Å². The minimum absolute atomic E-state index is 0.0303. The van der Waals surface area contributed by atoms with Gasteiger partial charge in [0.1, 0.15) is 17.6 Å². The van der Waals surface area contributed by atoms with Crippen LogP contribution in [-0.4, -0.2) is 34.5 Å². The van der Waals surface area contributed by atoms with E-state index in [4.69, 9.17) is 4.74 Å². The van der Waals surface area contributed by atoms with E-state index >= 15 is 0 Å². The van der Waals surface area contributed by atoms with Crippen LogP contribution >= 0.6 is 0 Å². The molecule has 1 aliphatic rings. The minimum atomic E-state index is -0.801. The highest BCUT2D eigenvalue weighted by Crippen LogP contribution is 2.38. The molecule has 2 aromatic carbocycles. The number of aromatic nitrogens is 2. The number of hydrogen-bond donors (Lipinski definition) is 2.